The molecule has 0 aliphatic rings. The molecule has 98 valence electrons. The van der Waals surface area contributed by atoms with Crippen LogP contribution < -0.4 is 0 Å². The zero-order valence-corrected chi connectivity index (χ0v) is 10.6. The monoisotopic (exact) mass is 282 g/mol. The van der Waals surface area contributed by atoms with E-state index >= 15 is 0 Å². The minimum absolute atomic E-state index is 0.0183. The molecule has 0 radical (unpaired) electrons. The van der Waals surface area contributed by atoms with Gasteiger partial charge in [-0.3, -0.25) is 0 Å². The van der Waals surface area contributed by atoms with Gasteiger partial charge in [-0.05, 0) is 36.2 Å². The second-order valence-corrected chi connectivity index (χ2v) is 4.46. The van der Waals surface area contributed by atoms with Crippen LogP contribution in [0.25, 0.3) is 11.1 Å². The molecule has 0 unspecified atom stereocenters. The minimum Gasteiger partial charge on any atom is -0.478 e. The predicted octanol–water partition coefficient (Wildman–Crippen LogP) is 4.29. The molecular weight excluding hydrogens is 274 g/mol. The quantitative estimate of drug-likeness (QED) is 0.892. The molecule has 0 aromatic heterocycles. The van der Waals surface area contributed by atoms with Gasteiger partial charge in [-0.25, -0.2) is 13.6 Å². The highest BCUT2D eigenvalue weighted by Gasteiger charge is 2.16. The van der Waals surface area contributed by atoms with E-state index in [4.69, 9.17) is 16.7 Å². The summed E-state index contributed by atoms with van der Waals surface area (Å²) < 4.78 is 27.7. The van der Waals surface area contributed by atoms with Crippen molar-refractivity contribution in [3.8, 4) is 11.1 Å². The van der Waals surface area contributed by atoms with Gasteiger partial charge in [0.25, 0.3) is 0 Å². The summed E-state index contributed by atoms with van der Waals surface area (Å²) in [5.74, 6) is -2.71. The molecule has 0 amide bonds. The number of halogens is 3. The minimum atomic E-state index is -1.25. The van der Waals surface area contributed by atoms with Crippen LogP contribution in [-0.2, 0) is 0 Å². The van der Waals surface area contributed by atoms with Crippen LogP contribution in [-0.4, -0.2) is 11.1 Å². The second kappa shape index (κ2) is 4.97. The Kier molecular flexibility index (Phi) is 3.53. The average molecular weight is 283 g/mol. The second-order valence-electron chi connectivity index (χ2n) is 4.05. The van der Waals surface area contributed by atoms with Crippen molar-refractivity contribution in [2.45, 2.75) is 6.92 Å². The van der Waals surface area contributed by atoms with Gasteiger partial charge < -0.3 is 5.11 Å². The molecule has 0 spiro atoms. The summed E-state index contributed by atoms with van der Waals surface area (Å²) in [5.41, 5.74) is -0.0256. The van der Waals surface area contributed by atoms with Crippen molar-refractivity contribution in [2.75, 3.05) is 0 Å². The van der Waals surface area contributed by atoms with E-state index in [0.29, 0.717) is 0 Å². The van der Waals surface area contributed by atoms with Crippen LogP contribution in [0, 0.1) is 18.6 Å². The van der Waals surface area contributed by atoms with E-state index in [-0.39, 0.29) is 27.3 Å². The van der Waals surface area contributed by atoms with E-state index in [9.17, 15) is 13.6 Å². The van der Waals surface area contributed by atoms with Gasteiger partial charge >= 0.3 is 5.97 Å². The first-order valence-electron chi connectivity index (χ1n) is 5.39. The van der Waals surface area contributed by atoms with Crippen molar-refractivity contribution < 1.29 is 18.7 Å². The summed E-state index contributed by atoms with van der Waals surface area (Å²) >= 11 is 5.72. The van der Waals surface area contributed by atoms with E-state index in [1.54, 1.807) is 0 Å². The van der Waals surface area contributed by atoms with Crippen molar-refractivity contribution in [3.05, 3.63) is 58.1 Å². The smallest absolute Gasteiger partial charge is 0.337 e. The van der Waals surface area contributed by atoms with E-state index in [1.807, 2.05) is 0 Å². The molecule has 0 aliphatic carbocycles. The lowest BCUT2D eigenvalue weighted by Gasteiger charge is -2.09. The van der Waals surface area contributed by atoms with Gasteiger partial charge in [0.05, 0.1) is 16.1 Å². The highest BCUT2D eigenvalue weighted by molar-refractivity contribution is 6.33. The molecule has 2 aromatic rings. The Labute approximate surface area is 113 Å². The maximum atomic E-state index is 14.0. The summed E-state index contributed by atoms with van der Waals surface area (Å²) in [6, 6.07) is 6.31. The number of hydrogen-bond acceptors (Lipinski definition) is 1. The average Bonchev–Trinajstić information content (AvgIpc) is 2.36. The fourth-order valence-electron chi connectivity index (χ4n) is 1.77. The molecule has 0 aliphatic heterocycles. The van der Waals surface area contributed by atoms with E-state index in [0.717, 1.165) is 12.1 Å². The van der Waals surface area contributed by atoms with Crippen LogP contribution in [0.5, 0.6) is 0 Å². The molecule has 5 heteroatoms. The van der Waals surface area contributed by atoms with Gasteiger partial charge in [0.2, 0.25) is 0 Å². The summed E-state index contributed by atoms with van der Waals surface area (Å²) in [6.07, 6.45) is 0. The molecule has 0 saturated carbocycles. The summed E-state index contributed by atoms with van der Waals surface area (Å²) in [5, 5.41) is 8.98. The third kappa shape index (κ3) is 2.44. The summed E-state index contributed by atoms with van der Waals surface area (Å²) in [4.78, 5) is 11.0. The molecule has 2 aromatic carbocycles. The van der Waals surface area contributed by atoms with Crippen LogP contribution >= 0.6 is 11.6 Å². The number of carbonyl (C=O) groups is 1. The Bertz CT molecular complexity index is 669. The number of benzene rings is 2. The Morgan fingerprint density at radius 1 is 1.21 bits per heavy atom. The Morgan fingerprint density at radius 2 is 1.89 bits per heavy atom. The first-order valence-corrected chi connectivity index (χ1v) is 5.77. The predicted molar refractivity (Wildman–Crippen MR) is 68.5 cm³/mol. The van der Waals surface area contributed by atoms with E-state index < -0.39 is 17.6 Å². The summed E-state index contributed by atoms with van der Waals surface area (Å²) in [6.45, 7) is 1.51. The Morgan fingerprint density at radius 3 is 2.53 bits per heavy atom. The van der Waals surface area contributed by atoms with Gasteiger partial charge in [-0.1, -0.05) is 23.7 Å². The van der Waals surface area contributed by atoms with Gasteiger partial charge in [0.15, 0.2) is 0 Å². The lowest BCUT2D eigenvalue weighted by atomic mass is 10.00. The van der Waals surface area contributed by atoms with Crippen LogP contribution in [0.3, 0.4) is 0 Å². The zero-order valence-electron chi connectivity index (χ0n) is 9.88. The normalized spacial score (nSPS) is 10.5. The fourth-order valence-corrected chi connectivity index (χ4v) is 1.96. The topological polar surface area (TPSA) is 37.3 Å². The first-order chi connectivity index (χ1) is 8.91. The van der Waals surface area contributed by atoms with Crippen LogP contribution in [0.2, 0.25) is 5.02 Å². The van der Waals surface area contributed by atoms with Gasteiger partial charge in [0.1, 0.15) is 11.6 Å². The number of rotatable bonds is 2. The lowest BCUT2D eigenvalue weighted by Crippen LogP contribution is -1.99. The third-order valence-electron chi connectivity index (χ3n) is 2.77. The largest absolute Gasteiger partial charge is 0.478 e. The number of hydrogen-bond donors (Lipinski definition) is 1. The van der Waals surface area contributed by atoms with Gasteiger partial charge in [-0.2, -0.15) is 0 Å². The number of aryl methyl sites for hydroxylation is 1. The zero-order chi connectivity index (χ0) is 14.2. The van der Waals surface area contributed by atoms with Crippen molar-refractivity contribution in [3.63, 3.8) is 0 Å². The van der Waals surface area contributed by atoms with Crippen molar-refractivity contribution in [2.24, 2.45) is 0 Å². The van der Waals surface area contributed by atoms with Crippen molar-refractivity contribution >= 4 is 17.6 Å². The maximum absolute atomic E-state index is 14.0. The third-order valence-corrected chi connectivity index (χ3v) is 3.10. The van der Waals surface area contributed by atoms with E-state index in [2.05, 4.69) is 0 Å². The van der Waals surface area contributed by atoms with Crippen LogP contribution in [0.15, 0.2) is 30.3 Å². The molecule has 0 bridgehead atoms. The number of aromatic carboxylic acids is 1. The Hall–Kier alpha value is -1.94. The van der Waals surface area contributed by atoms with E-state index in [1.165, 1.54) is 25.1 Å². The highest BCUT2D eigenvalue weighted by atomic mass is 35.5. The van der Waals surface area contributed by atoms with Crippen molar-refractivity contribution in [1.82, 2.24) is 0 Å². The SMILES string of the molecule is Cc1ccc(F)c(-c2ccc(Cl)c(C(=O)O)c2)c1F. The fraction of sp³-hybridized carbons (Fsp3) is 0.0714. The van der Waals surface area contributed by atoms with Crippen molar-refractivity contribution in [1.29, 1.82) is 0 Å². The van der Waals surface area contributed by atoms with Gasteiger partial charge in [0, 0.05) is 0 Å². The van der Waals surface area contributed by atoms with Crippen LogP contribution in [0.1, 0.15) is 15.9 Å². The molecule has 0 fully saturated rings. The molecular formula is C14H9ClF2O2. The first kappa shape index (κ1) is 13.5. The lowest BCUT2D eigenvalue weighted by molar-refractivity contribution is 0.0697. The molecule has 1 N–H and O–H groups in total. The van der Waals surface area contributed by atoms with Gasteiger partial charge in [-0.15, -0.1) is 0 Å². The number of carboxylic acids is 1. The molecule has 2 nitrogen and oxygen atoms in total. The molecule has 0 heterocycles. The summed E-state index contributed by atoms with van der Waals surface area (Å²) in [7, 11) is 0. The molecule has 0 atom stereocenters. The van der Waals surface area contributed by atoms with Crippen LogP contribution in [0.4, 0.5) is 8.78 Å². The standard InChI is InChI=1S/C14H9ClF2O2/c1-7-2-5-11(16)12(13(7)17)8-3-4-10(15)9(6-8)14(18)19/h2-6H,1H3,(H,18,19). The molecule has 0 saturated heterocycles. The Balaban J connectivity index is 2.70. The number of carboxylic acid groups (broad SMARTS) is 1. The highest BCUT2D eigenvalue weighted by Crippen LogP contribution is 2.30. The molecule has 2 rings (SSSR count). The molecule has 19 heavy (non-hydrogen) atoms. The maximum Gasteiger partial charge on any atom is 0.337 e.